The third-order valence-corrected chi connectivity index (χ3v) is 6.63. The van der Waals surface area contributed by atoms with Crippen LogP contribution in [0.25, 0.3) is 11.3 Å². The van der Waals surface area contributed by atoms with E-state index in [1.54, 1.807) is 61.7 Å². The number of ether oxygens (including phenoxy) is 2. The van der Waals surface area contributed by atoms with Gasteiger partial charge in [-0.15, -0.1) is 0 Å². The maximum absolute atomic E-state index is 13.2. The summed E-state index contributed by atoms with van der Waals surface area (Å²) in [5.74, 6) is 0.812. The molecule has 0 spiro atoms. The Balaban J connectivity index is 1.30. The molecule has 1 aliphatic heterocycles. The number of hydrogen-bond donors (Lipinski definition) is 2. The first-order valence-electron chi connectivity index (χ1n) is 10.8. The lowest BCUT2D eigenvalue weighted by Gasteiger charge is -2.25. The summed E-state index contributed by atoms with van der Waals surface area (Å²) >= 11 is 1.36. The largest absolute Gasteiger partial charge is 0.497 e. The van der Waals surface area contributed by atoms with Gasteiger partial charge >= 0.3 is 0 Å². The highest BCUT2D eigenvalue weighted by Crippen LogP contribution is 2.33. The molecule has 5 rings (SSSR count). The molecule has 0 saturated heterocycles. The van der Waals surface area contributed by atoms with E-state index in [4.69, 9.17) is 9.47 Å². The number of H-pyrrole nitrogens is 1. The Morgan fingerprint density at radius 3 is 2.80 bits per heavy atom. The molecule has 178 valence electrons. The van der Waals surface area contributed by atoms with E-state index in [1.807, 2.05) is 6.07 Å². The molecule has 10 nitrogen and oxygen atoms in total. The number of methoxy groups -OCH3 is 2. The second-order valence-electron chi connectivity index (χ2n) is 7.77. The van der Waals surface area contributed by atoms with Crippen LogP contribution < -0.4 is 14.8 Å². The molecule has 0 unspecified atom stereocenters. The zero-order valence-electron chi connectivity index (χ0n) is 19.1. The van der Waals surface area contributed by atoms with Crippen molar-refractivity contribution in [2.24, 2.45) is 0 Å². The minimum absolute atomic E-state index is 0.163. The number of pyridine rings is 1. The van der Waals surface area contributed by atoms with Crippen molar-refractivity contribution in [3.63, 3.8) is 0 Å². The minimum Gasteiger partial charge on any atom is -0.497 e. The van der Waals surface area contributed by atoms with Crippen LogP contribution in [-0.4, -0.2) is 57.6 Å². The van der Waals surface area contributed by atoms with Gasteiger partial charge in [0.1, 0.15) is 22.9 Å². The Morgan fingerprint density at radius 1 is 1.14 bits per heavy atom. The van der Waals surface area contributed by atoms with Crippen molar-refractivity contribution >= 4 is 28.3 Å². The van der Waals surface area contributed by atoms with Crippen molar-refractivity contribution < 1.29 is 19.1 Å². The molecule has 35 heavy (non-hydrogen) atoms. The van der Waals surface area contributed by atoms with Gasteiger partial charge < -0.3 is 14.4 Å². The molecule has 2 N–H and O–H groups in total. The van der Waals surface area contributed by atoms with E-state index in [2.05, 4.69) is 25.5 Å². The smallest absolute Gasteiger partial charge is 0.276 e. The van der Waals surface area contributed by atoms with E-state index in [1.165, 1.54) is 11.3 Å². The average Bonchev–Trinajstić information content (AvgIpc) is 3.55. The van der Waals surface area contributed by atoms with Crippen LogP contribution in [0.3, 0.4) is 0 Å². The van der Waals surface area contributed by atoms with Crippen LogP contribution >= 0.6 is 11.3 Å². The Hall–Kier alpha value is -4.25. The number of nitrogens with one attached hydrogen (secondary N) is 2. The summed E-state index contributed by atoms with van der Waals surface area (Å²) in [6, 6.07) is 12.3. The number of fused-ring (bicyclic) bond motifs is 1. The summed E-state index contributed by atoms with van der Waals surface area (Å²) in [4.78, 5) is 36.9. The number of benzene rings is 1. The van der Waals surface area contributed by atoms with Gasteiger partial charge in [-0.3, -0.25) is 25.0 Å². The van der Waals surface area contributed by atoms with Crippen molar-refractivity contribution in [3.05, 3.63) is 70.6 Å². The topological polar surface area (TPSA) is 122 Å². The molecule has 1 aliphatic rings. The fraction of sp³-hybridized carbons (Fsp3) is 0.208. The van der Waals surface area contributed by atoms with E-state index < -0.39 is 0 Å². The summed E-state index contributed by atoms with van der Waals surface area (Å²) in [6.45, 7) is 0.919. The molecule has 11 heteroatoms. The monoisotopic (exact) mass is 490 g/mol. The molecule has 0 fully saturated rings. The van der Waals surface area contributed by atoms with E-state index in [0.29, 0.717) is 53.2 Å². The second-order valence-corrected chi connectivity index (χ2v) is 8.85. The van der Waals surface area contributed by atoms with E-state index in [9.17, 15) is 9.59 Å². The average molecular weight is 491 g/mol. The van der Waals surface area contributed by atoms with Gasteiger partial charge in [-0.1, -0.05) is 17.4 Å². The Kier molecular flexibility index (Phi) is 6.15. The Bertz CT molecular complexity index is 1380. The highest BCUT2D eigenvalue weighted by Gasteiger charge is 2.27. The number of hydrogen-bond acceptors (Lipinski definition) is 8. The van der Waals surface area contributed by atoms with Crippen LogP contribution in [0.5, 0.6) is 11.5 Å². The summed E-state index contributed by atoms with van der Waals surface area (Å²) in [5.41, 5.74) is 2.89. The third-order valence-electron chi connectivity index (χ3n) is 5.63. The van der Waals surface area contributed by atoms with Gasteiger partial charge in [0.05, 0.1) is 32.2 Å². The number of rotatable bonds is 6. The van der Waals surface area contributed by atoms with Gasteiger partial charge in [-0.25, -0.2) is 4.98 Å². The van der Waals surface area contributed by atoms with Crippen molar-refractivity contribution in [1.29, 1.82) is 0 Å². The normalized spacial score (nSPS) is 12.7. The first-order chi connectivity index (χ1) is 17.1. The summed E-state index contributed by atoms with van der Waals surface area (Å²) in [6.07, 6.45) is 2.16. The Labute approximate surface area is 204 Å². The SMILES string of the molecule is COc1ccc(OC)c(-c2cc(C(=O)N3CCc4nc(NC(=O)c5ccccn5)sc4C3)[nH]n2)c1. The van der Waals surface area contributed by atoms with Gasteiger partial charge in [0.15, 0.2) is 5.13 Å². The molecule has 0 aliphatic carbocycles. The van der Waals surface area contributed by atoms with Crippen LogP contribution in [0.15, 0.2) is 48.7 Å². The molecular formula is C24H22N6O4S. The number of thiazole rings is 1. The van der Waals surface area contributed by atoms with Crippen LogP contribution in [0.4, 0.5) is 5.13 Å². The van der Waals surface area contributed by atoms with Gasteiger partial charge in [-0.05, 0) is 36.4 Å². The lowest BCUT2D eigenvalue weighted by molar-refractivity contribution is 0.0730. The molecular weight excluding hydrogens is 468 g/mol. The zero-order chi connectivity index (χ0) is 24.4. The second kappa shape index (κ2) is 9.55. The zero-order valence-corrected chi connectivity index (χ0v) is 19.9. The fourth-order valence-corrected chi connectivity index (χ4v) is 4.85. The Morgan fingerprint density at radius 2 is 2.03 bits per heavy atom. The fourth-order valence-electron chi connectivity index (χ4n) is 3.83. The first kappa shape index (κ1) is 22.5. The van der Waals surface area contributed by atoms with Gasteiger partial charge in [-0.2, -0.15) is 5.10 Å². The number of carbonyl (C=O) groups is 2. The molecule has 2 amide bonds. The van der Waals surface area contributed by atoms with Crippen LogP contribution in [0.1, 0.15) is 31.5 Å². The van der Waals surface area contributed by atoms with Gasteiger partial charge in [0.2, 0.25) is 0 Å². The minimum atomic E-state index is -0.317. The molecule has 0 bridgehead atoms. The number of amides is 2. The number of anilines is 1. The number of aromatic nitrogens is 4. The lowest BCUT2D eigenvalue weighted by atomic mass is 10.1. The van der Waals surface area contributed by atoms with E-state index >= 15 is 0 Å². The first-order valence-corrected chi connectivity index (χ1v) is 11.7. The summed E-state index contributed by atoms with van der Waals surface area (Å²) in [7, 11) is 3.17. The van der Waals surface area contributed by atoms with Crippen molar-refractivity contribution in [2.45, 2.75) is 13.0 Å². The number of carbonyl (C=O) groups excluding carboxylic acids is 2. The van der Waals surface area contributed by atoms with Crippen molar-refractivity contribution in [2.75, 3.05) is 26.1 Å². The maximum Gasteiger partial charge on any atom is 0.276 e. The van der Waals surface area contributed by atoms with Crippen LogP contribution in [0.2, 0.25) is 0 Å². The molecule has 3 aromatic heterocycles. The molecule has 4 heterocycles. The molecule has 0 saturated carbocycles. The van der Waals surface area contributed by atoms with Gasteiger partial charge in [0, 0.05) is 29.6 Å². The summed E-state index contributed by atoms with van der Waals surface area (Å²) in [5, 5.41) is 10.5. The highest BCUT2D eigenvalue weighted by molar-refractivity contribution is 7.15. The van der Waals surface area contributed by atoms with Crippen molar-refractivity contribution in [1.82, 2.24) is 25.1 Å². The molecule has 0 atom stereocenters. The number of nitrogens with zero attached hydrogens (tertiary/aromatic N) is 4. The van der Waals surface area contributed by atoms with Crippen LogP contribution in [0, 0.1) is 0 Å². The third kappa shape index (κ3) is 4.58. The molecule has 4 aromatic rings. The van der Waals surface area contributed by atoms with E-state index in [0.717, 1.165) is 16.1 Å². The number of aromatic amines is 1. The standard InChI is InChI=1S/C24H22N6O4S/c1-33-14-6-7-20(34-2)15(11-14)18-12-19(29-28-18)23(32)30-10-8-16-21(13-30)35-24(26-16)27-22(31)17-5-3-4-9-25-17/h3-7,9,11-12H,8,10,13H2,1-2H3,(H,28,29)(H,26,27,31). The van der Waals surface area contributed by atoms with Gasteiger partial charge in [0.25, 0.3) is 11.8 Å². The predicted octanol–water partition coefficient (Wildman–Crippen LogP) is 3.40. The molecule has 1 aromatic carbocycles. The highest BCUT2D eigenvalue weighted by atomic mass is 32.1. The van der Waals surface area contributed by atoms with E-state index in [-0.39, 0.29) is 11.8 Å². The summed E-state index contributed by atoms with van der Waals surface area (Å²) < 4.78 is 10.7. The molecule has 0 radical (unpaired) electrons. The quantitative estimate of drug-likeness (QED) is 0.425. The maximum atomic E-state index is 13.2. The van der Waals surface area contributed by atoms with Crippen LogP contribution in [-0.2, 0) is 13.0 Å². The van der Waals surface area contributed by atoms with Crippen molar-refractivity contribution in [3.8, 4) is 22.8 Å². The lowest BCUT2D eigenvalue weighted by Crippen LogP contribution is -2.35. The predicted molar refractivity (Wildman–Crippen MR) is 130 cm³/mol.